The van der Waals surface area contributed by atoms with Crippen molar-refractivity contribution in [3.8, 4) is 11.8 Å². The predicted molar refractivity (Wildman–Crippen MR) is 85.2 cm³/mol. The van der Waals surface area contributed by atoms with Crippen molar-refractivity contribution in [1.82, 2.24) is 14.8 Å². The minimum atomic E-state index is -0.510. The highest BCUT2D eigenvalue weighted by atomic mass is 16.5. The summed E-state index contributed by atoms with van der Waals surface area (Å²) < 4.78 is 7.42. The van der Waals surface area contributed by atoms with Gasteiger partial charge in [0.05, 0.1) is 13.2 Å². The maximum absolute atomic E-state index is 9.88. The molecule has 1 aliphatic heterocycles. The van der Waals surface area contributed by atoms with E-state index in [1.165, 1.54) is 18.4 Å². The Bertz CT molecular complexity index is 758. The van der Waals surface area contributed by atoms with Crippen LogP contribution in [-0.4, -0.2) is 21.9 Å². The molecule has 2 atom stereocenters. The summed E-state index contributed by atoms with van der Waals surface area (Å²) in [7, 11) is 1.66. The lowest BCUT2D eigenvalue weighted by Gasteiger charge is -2.12. The zero-order valence-electron chi connectivity index (χ0n) is 13.3. The number of hydrogen-bond donors (Lipinski definition) is 0. The third-order valence-electron chi connectivity index (χ3n) is 5.19. The van der Waals surface area contributed by atoms with Crippen LogP contribution in [0.25, 0.3) is 0 Å². The molecule has 1 fully saturated rings. The van der Waals surface area contributed by atoms with Crippen LogP contribution in [0.15, 0.2) is 24.3 Å². The van der Waals surface area contributed by atoms with Gasteiger partial charge in [-0.3, -0.25) is 0 Å². The van der Waals surface area contributed by atoms with Gasteiger partial charge in [-0.05, 0) is 37.0 Å². The van der Waals surface area contributed by atoms with Gasteiger partial charge < -0.3 is 9.30 Å². The Balaban J connectivity index is 1.68. The smallest absolute Gasteiger partial charge is 0.154 e. The molecule has 2 aromatic rings. The van der Waals surface area contributed by atoms with E-state index in [4.69, 9.17) is 4.74 Å². The molecule has 0 N–H and O–H groups in total. The zero-order valence-corrected chi connectivity index (χ0v) is 13.3. The van der Waals surface area contributed by atoms with Crippen LogP contribution in [0.1, 0.15) is 48.8 Å². The molecule has 2 unspecified atom stereocenters. The number of methoxy groups -OCH3 is 1. The van der Waals surface area contributed by atoms with Crippen LogP contribution >= 0.6 is 0 Å². The molecule has 1 aromatic heterocycles. The number of rotatable bonds is 3. The summed E-state index contributed by atoms with van der Waals surface area (Å²) in [5.74, 6) is 2.97. The fourth-order valence-corrected chi connectivity index (χ4v) is 3.74. The first kappa shape index (κ1) is 14.3. The second kappa shape index (κ2) is 5.38. The zero-order chi connectivity index (χ0) is 15.9. The normalized spacial score (nSPS) is 26.0. The summed E-state index contributed by atoms with van der Waals surface area (Å²) in [6.45, 7) is 0.941. The predicted octanol–water partition coefficient (Wildman–Crippen LogP) is 2.96. The number of nitrogens with zero attached hydrogens (tertiary/aromatic N) is 4. The molecule has 5 heteroatoms. The molecule has 0 saturated heterocycles. The van der Waals surface area contributed by atoms with Crippen molar-refractivity contribution < 1.29 is 4.74 Å². The molecule has 0 radical (unpaired) electrons. The van der Waals surface area contributed by atoms with Gasteiger partial charge in [-0.1, -0.05) is 18.6 Å². The van der Waals surface area contributed by atoms with Gasteiger partial charge >= 0.3 is 0 Å². The minimum absolute atomic E-state index is 0.204. The van der Waals surface area contributed by atoms with Crippen molar-refractivity contribution in [2.24, 2.45) is 0 Å². The van der Waals surface area contributed by atoms with Crippen molar-refractivity contribution in [3.05, 3.63) is 41.5 Å². The molecule has 4 rings (SSSR count). The fourth-order valence-electron chi connectivity index (χ4n) is 3.74. The summed E-state index contributed by atoms with van der Waals surface area (Å²) >= 11 is 0. The lowest BCUT2D eigenvalue weighted by Crippen LogP contribution is -2.16. The van der Waals surface area contributed by atoms with Gasteiger partial charge in [0.25, 0.3) is 0 Å². The van der Waals surface area contributed by atoms with E-state index in [0.717, 1.165) is 43.2 Å². The van der Waals surface area contributed by atoms with Gasteiger partial charge in [0.15, 0.2) is 5.82 Å². The van der Waals surface area contributed by atoms with Crippen molar-refractivity contribution in [2.45, 2.75) is 50.0 Å². The lowest BCUT2D eigenvalue weighted by molar-refractivity contribution is 0.414. The van der Waals surface area contributed by atoms with Gasteiger partial charge in [0, 0.05) is 18.9 Å². The highest BCUT2D eigenvalue weighted by Gasteiger charge is 2.60. The van der Waals surface area contributed by atoms with Gasteiger partial charge in [0.2, 0.25) is 0 Å². The Kier molecular flexibility index (Phi) is 3.33. The Labute approximate surface area is 135 Å². The topological polar surface area (TPSA) is 63.7 Å². The number of aromatic nitrogens is 3. The molecule has 1 aromatic carbocycles. The SMILES string of the molecule is COc1ccc(C2CC2(C#N)c2nnc3n2CCCCC3)cc1. The number of benzene rings is 1. The average molecular weight is 308 g/mol. The summed E-state index contributed by atoms with van der Waals surface area (Å²) in [6.07, 6.45) is 5.34. The minimum Gasteiger partial charge on any atom is -0.497 e. The third-order valence-corrected chi connectivity index (χ3v) is 5.19. The van der Waals surface area contributed by atoms with Crippen LogP contribution in [-0.2, 0) is 18.4 Å². The maximum atomic E-state index is 9.88. The van der Waals surface area contributed by atoms with Crippen LogP contribution < -0.4 is 4.74 Å². The second-order valence-electron chi connectivity index (χ2n) is 6.52. The molecule has 118 valence electrons. The number of fused-ring (bicyclic) bond motifs is 1. The van der Waals surface area contributed by atoms with E-state index in [0.29, 0.717) is 0 Å². The van der Waals surface area contributed by atoms with Crippen LogP contribution in [0.4, 0.5) is 0 Å². The Morgan fingerprint density at radius 2 is 2.04 bits per heavy atom. The molecule has 2 heterocycles. The summed E-state index contributed by atoms with van der Waals surface area (Å²) in [6, 6.07) is 10.6. The summed E-state index contributed by atoms with van der Waals surface area (Å²) in [5.41, 5.74) is 0.669. The molecule has 5 nitrogen and oxygen atoms in total. The number of hydrogen-bond acceptors (Lipinski definition) is 4. The summed E-state index contributed by atoms with van der Waals surface area (Å²) in [5, 5.41) is 18.7. The molecular weight excluding hydrogens is 288 g/mol. The van der Waals surface area contributed by atoms with E-state index < -0.39 is 5.41 Å². The number of aryl methyl sites for hydroxylation is 1. The highest BCUT2D eigenvalue weighted by Crippen LogP contribution is 2.59. The summed E-state index contributed by atoms with van der Waals surface area (Å²) in [4.78, 5) is 0. The molecule has 0 amide bonds. The standard InChI is InChI=1S/C18H20N4O/c1-23-14-8-6-13(7-9-14)15-11-18(15,12-19)17-21-20-16-5-3-2-4-10-22(16)17/h6-9,15H,2-5,10-11H2,1H3. The molecular formula is C18H20N4O. The van der Waals surface area contributed by atoms with E-state index in [-0.39, 0.29) is 5.92 Å². The Morgan fingerprint density at radius 1 is 1.22 bits per heavy atom. The van der Waals surface area contributed by atoms with E-state index >= 15 is 0 Å². The van der Waals surface area contributed by atoms with E-state index in [9.17, 15) is 5.26 Å². The third kappa shape index (κ3) is 2.21. The first-order valence-electron chi connectivity index (χ1n) is 8.26. The van der Waals surface area contributed by atoms with Gasteiger partial charge in [-0.2, -0.15) is 5.26 Å². The highest BCUT2D eigenvalue weighted by molar-refractivity contribution is 5.46. The van der Waals surface area contributed by atoms with Crippen molar-refractivity contribution >= 4 is 0 Å². The largest absolute Gasteiger partial charge is 0.497 e. The van der Waals surface area contributed by atoms with E-state index in [1.54, 1.807) is 7.11 Å². The monoisotopic (exact) mass is 308 g/mol. The molecule has 0 bridgehead atoms. The maximum Gasteiger partial charge on any atom is 0.154 e. The molecule has 2 aliphatic rings. The van der Waals surface area contributed by atoms with Crippen LogP contribution in [0.3, 0.4) is 0 Å². The molecule has 0 spiro atoms. The van der Waals surface area contributed by atoms with Gasteiger partial charge in [0.1, 0.15) is 17.0 Å². The average Bonchev–Trinajstić information content (AvgIpc) is 3.29. The van der Waals surface area contributed by atoms with Gasteiger partial charge in [-0.15, -0.1) is 10.2 Å². The quantitative estimate of drug-likeness (QED) is 0.874. The Hall–Kier alpha value is -2.35. The van der Waals surface area contributed by atoms with Crippen LogP contribution in [0.2, 0.25) is 0 Å². The van der Waals surface area contributed by atoms with Crippen LogP contribution in [0.5, 0.6) is 5.75 Å². The van der Waals surface area contributed by atoms with Crippen molar-refractivity contribution in [1.29, 1.82) is 5.26 Å². The van der Waals surface area contributed by atoms with Crippen LogP contribution in [0, 0.1) is 11.3 Å². The second-order valence-corrected chi connectivity index (χ2v) is 6.52. The Morgan fingerprint density at radius 3 is 2.78 bits per heavy atom. The fraction of sp³-hybridized carbons (Fsp3) is 0.500. The number of nitriles is 1. The first-order valence-corrected chi connectivity index (χ1v) is 8.26. The molecule has 1 saturated carbocycles. The number of ether oxygens (including phenoxy) is 1. The van der Waals surface area contributed by atoms with E-state index in [1.807, 2.05) is 12.1 Å². The van der Waals surface area contributed by atoms with Gasteiger partial charge in [-0.25, -0.2) is 0 Å². The van der Waals surface area contributed by atoms with Crippen molar-refractivity contribution in [3.63, 3.8) is 0 Å². The first-order chi connectivity index (χ1) is 11.3. The van der Waals surface area contributed by atoms with E-state index in [2.05, 4.69) is 33.0 Å². The van der Waals surface area contributed by atoms with Crippen molar-refractivity contribution in [2.75, 3.05) is 7.11 Å². The molecule has 23 heavy (non-hydrogen) atoms. The lowest BCUT2D eigenvalue weighted by atomic mass is 9.99. The molecule has 1 aliphatic carbocycles.